The number of nitrogens with zero attached hydrogens (tertiary/aromatic N) is 1. The Morgan fingerprint density at radius 2 is 1.89 bits per heavy atom. The van der Waals surface area contributed by atoms with Crippen LogP contribution in [0.15, 0.2) is 24.3 Å². The molecule has 1 saturated heterocycles. The zero-order valence-corrected chi connectivity index (χ0v) is 12.1. The lowest BCUT2D eigenvalue weighted by atomic mass is 9.97. The molecule has 1 aromatic carbocycles. The van der Waals surface area contributed by atoms with Crippen LogP contribution in [0.2, 0.25) is 0 Å². The van der Waals surface area contributed by atoms with E-state index in [0.717, 1.165) is 31.0 Å². The molecule has 2 N–H and O–H groups in total. The normalized spacial score (nSPS) is 24.3. The minimum Gasteiger partial charge on any atom is -0.491 e. The maximum atomic E-state index is 5.85. The van der Waals surface area contributed by atoms with Gasteiger partial charge in [0, 0.05) is 18.6 Å². The fourth-order valence-electron chi connectivity index (χ4n) is 2.96. The van der Waals surface area contributed by atoms with Gasteiger partial charge in [-0.05, 0) is 45.2 Å². The summed E-state index contributed by atoms with van der Waals surface area (Å²) in [6.07, 6.45) is 5.09. The van der Waals surface area contributed by atoms with Gasteiger partial charge in [0.25, 0.3) is 0 Å². The first-order valence-electron chi connectivity index (χ1n) is 7.41. The summed E-state index contributed by atoms with van der Waals surface area (Å²) in [7, 11) is 0. The van der Waals surface area contributed by atoms with E-state index in [4.69, 9.17) is 10.5 Å². The molecular formula is C16H26N2O. The summed E-state index contributed by atoms with van der Waals surface area (Å²) in [6, 6.07) is 9.13. The fourth-order valence-corrected chi connectivity index (χ4v) is 2.96. The molecule has 0 radical (unpaired) electrons. The highest BCUT2D eigenvalue weighted by Gasteiger charge is 2.23. The summed E-state index contributed by atoms with van der Waals surface area (Å²) in [4.78, 5) is 2.61. The van der Waals surface area contributed by atoms with E-state index in [1.54, 1.807) is 0 Å². The molecule has 1 heterocycles. The van der Waals surface area contributed by atoms with E-state index in [0.29, 0.717) is 12.1 Å². The lowest BCUT2D eigenvalue weighted by Gasteiger charge is -2.39. The Labute approximate surface area is 116 Å². The molecule has 0 amide bonds. The molecule has 2 rings (SSSR count). The van der Waals surface area contributed by atoms with Crippen molar-refractivity contribution >= 4 is 5.69 Å². The van der Waals surface area contributed by atoms with Crippen molar-refractivity contribution in [3.63, 3.8) is 0 Å². The topological polar surface area (TPSA) is 38.5 Å². The van der Waals surface area contributed by atoms with Crippen molar-refractivity contribution < 1.29 is 4.74 Å². The molecule has 0 saturated carbocycles. The van der Waals surface area contributed by atoms with Crippen LogP contribution in [-0.4, -0.2) is 30.1 Å². The van der Waals surface area contributed by atoms with Gasteiger partial charge in [0.05, 0.1) is 12.3 Å². The number of nitrogens with two attached hydrogens (primary N) is 1. The Kier molecular flexibility index (Phi) is 5.08. The van der Waals surface area contributed by atoms with Gasteiger partial charge >= 0.3 is 0 Å². The molecule has 0 aliphatic carbocycles. The molecule has 1 fully saturated rings. The maximum absolute atomic E-state index is 5.85. The van der Waals surface area contributed by atoms with E-state index < -0.39 is 0 Å². The number of nitrogen functional groups attached to an aromatic ring is 1. The van der Waals surface area contributed by atoms with E-state index in [1.807, 2.05) is 24.3 Å². The standard InChI is InChI=1S/C16H26N2O/c1-13-7-5-8-14(2)18(13)11-6-12-19-16-10-4-3-9-15(16)17/h3-4,9-10,13-14H,5-8,11-12,17H2,1-2H3/t13-,14+. The van der Waals surface area contributed by atoms with Crippen LogP contribution in [0.4, 0.5) is 5.69 Å². The van der Waals surface area contributed by atoms with Crippen molar-refractivity contribution in [2.45, 2.75) is 51.6 Å². The second kappa shape index (κ2) is 6.80. The second-order valence-electron chi connectivity index (χ2n) is 5.61. The lowest BCUT2D eigenvalue weighted by Crippen LogP contribution is -2.44. The van der Waals surface area contributed by atoms with E-state index in [2.05, 4.69) is 18.7 Å². The molecule has 1 aromatic rings. The first-order chi connectivity index (χ1) is 9.18. The van der Waals surface area contributed by atoms with Crippen LogP contribution in [0.25, 0.3) is 0 Å². The van der Waals surface area contributed by atoms with Gasteiger partial charge < -0.3 is 10.5 Å². The Hall–Kier alpha value is -1.22. The Morgan fingerprint density at radius 3 is 2.58 bits per heavy atom. The molecule has 106 valence electrons. The highest BCUT2D eigenvalue weighted by Crippen LogP contribution is 2.23. The van der Waals surface area contributed by atoms with Gasteiger partial charge in [0.15, 0.2) is 0 Å². The highest BCUT2D eigenvalue weighted by molar-refractivity contribution is 5.51. The average molecular weight is 262 g/mol. The molecule has 0 unspecified atom stereocenters. The minimum atomic E-state index is 0.713. The van der Waals surface area contributed by atoms with Crippen molar-refractivity contribution in [3.05, 3.63) is 24.3 Å². The SMILES string of the molecule is C[C@@H]1CCC[C@H](C)N1CCCOc1ccccc1N. The largest absolute Gasteiger partial charge is 0.491 e. The number of likely N-dealkylation sites (tertiary alicyclic amines) is 1. The third kappa shape index (κ3) is 3.87. The van der Waals surface area contributed by atoms with Crippen molar-refractivity contribution in [1.82, 2.24) is 4.90 Å². The number of anilines is 1. The third-order valence-electron chi connectivity index (χ3n) is 4.11. The molecule has 1 aliphatic heterocycles. The number of para-hydroxylation sites is 2. The monoisotopic (exact) mass is 262 g/mol. The Bertz CT molecular complexity index is 384. The second-order valence-corrected chi connectivity index (χ2v) is 5.61. The average Bonchev–Trinajstić information content (AvgIpc) is 2.39. The molecule has 19 heavy (non-hydrogen) atoms. The van der Waals surface area contributed by atoms with E-state index in [1.165, 1.54) is 19.3 Å². The minimum absolute atomic E-state index is 0.713. The summed E-state index contributed by atoms with van der Waals surface area (Å²) < 4.78 is 5.75. The fraction of sp³-hybridized carbons (Fsp3) is 0.625. The van der Waals surface area contributed by atoms with Gasteiger partial charge in [-0.15, -0.1) is 0 Å². The summed E-state index contributed by atoms with van der Waals surface area (Å²) in [5, 5.41) is 0. The van der Waals surface area contributed by atoms with Crippen molar-refractivity contribution in [2.24, 2.45) is 0 Å². The van der Waals surface area contributed by atoms with E-state index in [9.17, 15) is 0 Å². The van der Waals surface area contributed by atoms with Crippen LogP contribution in [0.3, 0.4) is 0 Å². The molecule has 2 atom stereocenters. The molecule has 0 aromatic heterocycles. The number of hydrogen-bond donors (Lipinski definition) is 1. The molecule has 3 nitrogen and oxygen atoms in total. The van der Waals surface area contributed by atoms with E-state index >= 15 is 0 Å². The Balaban J connectivity index is 1.73. The number of benzene rings is 1. The summed E-state index contributed by atoms with van der Waals surface area (Å²) in [6.45, 7) is 6.54. The zero-order valence-electron chi connectivity index (χ0n) is 12.1. The number of piperidine rings is 1. The van der Waals surface area contributed by atoms with Gasteiger partial charge in [-0.1, -0.05) is 18.6 Å². The van der Waals surface area contributed by atoms with Crippen molar-refractivity contribution in [2.75, 3.05) is 18.9 Å². The smallest absolute Gasteiger partial charge is 0.142 e. The molecule has 0 bridgehead atoms. The quantitative estimate of drug-likeness (QED) is 0.653. The van der Waals surface area contributed by atoms with Crippen LogP contribution in [-0.2, 0) is 0 Å². The summed E-state index contributed by atoms with van der Waals surface area (Å²) in [5.74, 6) is 0.808. The van der Waals surface area contributed by atoms with E-state index in [-0.39, 0.29) is 0 Å². The molecule has 0 spiro atoms. The maximum Gasteiger partial charge on any atom is 0.142 e. The van der Waals surface area contributed by atoms with Crippen molar-refractivity contribution in [3.8, 4) is 5.75 Å². The first-order valence-corrected chi connectivity index (χ1v) is 7.41. The van der Waals surface area contributed by atoms with Crippen LogP contribution < -0.4 is 10.5 Å². The Morgan fingerprint density at radius 1 is 1.21 bits per heavy atom. The third-order valence-corrected chi connectivity index (χ3v) is 4.11. The van der Waals surface area contributed by atoms with Gasteiger partial charge in [0.2, 0.25) is 0 Å². The summed E-state index contributed by atoms with van der Waals surface area (Å²) >= 11 is 0. The lowest BCUT2D eigenvalue weighted by molar-refractivity contribution is 0.0961. The predicted molar refractivity (Wildman–Crippen MR) is 80.4 cm³/mol. The number of ether oxygens (including phenoxy) is 1. The molecular weight excluding hydrogens is 236 g/mol. The first kappa shape index (κ1) is 14.2. The number of rotatable bonds is 5. The van der Waals surface area contributed by atoms with Crippen LogP contribution in [0.1, 0.15) is 39.5 Å². The van der Waals surface area contributed by atoms with Gasteiger partial charge in [-0.25, -0.2) is 0 Å². The molecule has 3 heteroatoms. The highest BCUT2D eigenvalue weighted by atomic mass is 16.5. The van der Waals surface area contributed by atoms with Crippen LogP contribution in [0, 0.1) is 0 Å². The van der Waals surface area contributed by atoms with Crippen LogP contribution in [0.5, 0.6) is 5.75 Å². The summed E-state index contributed by atoms with van der Waals surface area (Å²) in [5.41, 5.74) is 6.58. The molecule has 1 aliphatic rings. The number of hydrogen-bond acceptors (Lipinski definition) is 3. The van der Waals surface area contributed by atoms with Gasteiger partial charge in [-0.3, -0.25) is 4.90 Å². The van der Waals surface area contributed by atoms with Gasteiger partial charge in [0.1, 0.15) is 5.75 Å². The predicted octanol–water partition coefficient (Wildman–Crippen LogP) is 3.30. The van der Waals surface area contributed by atoms with Crippen molar-refractivity contribution in [1.29, 1.82) is 0 Å². The van der Waals surface area contributed by atoms with Gasteiger partial charge in [-0.2, -0.15) is 0 Å². The zero-order chi connectivity index (χ0) is 13.7. The van der Waals surface area contributed by atoms with Crippen LogP contribution >= 0.6 is 0 Å².